The molecule has 4 nitrogen and oxygen atoms in total. The minimum absolute atomic E-state index is 0.291. The van der Waals surface area contributed by atoms with Crippen LogP contribution in [0, 0.1) is 5.82 Å². The van der Waals surface area contributed by atoms with E-state index in [4.69, 9.17) is 11.6 Å². The molecule has 3 aromatic carbocycles. The van der Waals surface area contributed by atoms with E-state index in [0.29, 0.717) is 21.8 Å². The highest BCUT2D eigenvalue weighted by atomic mass is 79.9. The Morgan fingerprint density at radius 3 is 2.13 bits per heavy atom. The van der Waals surface area contributed by atoms with Gasteiger partial charge in [-0.25, -0.2) is 12.8 Å². The third-order valence-electron chi connectivity index (χ3n) is 4.69. The minimum atomic E-state index is -4.09. The largest absolute Gasteiger partial charge is 0.286 e. The molecule has 0 radical (unpaired) electrons. The van der Waals surface area contributed by atoms with Gasteiger partial charge in [0.1, 0.15) is 10.7 Å². The number of carbonyl (C=O) groups is 1. The van der Waals surface area contributed by atoms with Gasteiger partial charge in [-0.2, -0.15) is 0 Å². The van der Waals surface area contributed by atoms with Crippen LogP contribution in [-0.2, 0) is 14.6 Å². The van der Waals surface area contributed by atoms with Gasteiger partial charge in [0.05, 0.1) is 0 Å². The minimum Gasteiger partial charge on any atom is -0.286 e. The van der Waals surface area contributed by atoms with Crippen LogP contribution in [-0.4, -0.2) is 14.3 Å². The molecule has 30 heavy (non-hydrogen) atoms. The molecule has 1 unspecified atom stereocenters. The van der Waals surface area contributed by atoms with Crippen molar-refractivity contribution in [3.05, 3.63) is 104 Å². The zero-order chi connectivity index (χ0) is 21.5. The van der Waals surface area contributed by atoms with E-state index in [0.717, 1.165) is 4.47 Å². The lowest BCUT2D eigenvalue weighted by molar-refractivity contribution is -0.114. The number of sulfone groups is 1. The molecule has 0 N–H and O–H groups in total. The summed E-state index contributed by atoms with van der Waals surface area (Å²) in [6.45, 7) is 0. The van der Waals surface area contributed by atoms with Gasteiger partial charge in [-0.05, 0) is 65.7 Å². The molecule has 1 saturated heterocycles. The van der Waals surface area contributed by atoms with Crippen LogP contribution in [0.15, 0.2) is 82.2 Å². The van der Waals surface area contributed by atoms with Crippen molar-refractivity contribution in [2.24, 2.45) is 0 Å². The Labute approximate surface area is 186 Å². The van der Waals surface area contributed by atoms with Crippen LogP contribution in [0.1, 0.15) is 16.5 Å². The number of amides is 1. The first kappa shape index (κ1) is 20.8. The summed E-state index contributed by atoms with van der Waals surface area (Å²) in [4.78, 5) is 14.2. The van der Waals surface area contributed by atoms with Crippen molar-refractivity contribution in [3.63, 3.8) is 0 Å². The topological polar surface area (TPSA) is 54.5 Å². The van der Waals surface area contributed by atoms with E-state index in [2.05, 4.69) is 15.9 Å². The Morgan fingerprint density at radius 1 is 0.933 bits per heavy atom. The maximum absolute atomic E-state index is 13.5. The summed E-state index contributed by atoms with van der Waals surface area (Å²) in [6, 6.07) is 18.3. The van der Waals surface area contributed by atoms with Gasteiger partial charge in [-0.3, -0.25) is 9.69 Å². The first-order valence-corrected chi connectivity index (χ1v) is 11.5. The van der Waals surface area contributed by atoms with Crippen molar-refractivity contribution in [3.8, 4) is 0 Å². The van der Waals surface area contributed by atoms with Crippen molar-refractivity contribution < 1.29 is 17.6 Å². The third-order valence-corrected chi connectivity index (χ3v) is 7.45. The van der Waals surface area contributed by atoms with Crippen LogP contribution in [0.25, 0.3) is 6.08 Å². The monoisotopic (exact) mass is 505 g/mol. The smallest absolute Gasteiger partial charge is 0.271 e. The zero-order valence-corrected chi connectivity index (χ0v) is 18.5. The predicted octanol–water partition coefficient (Wildman–Crippen LogP) is 5.74. The van der Waals surface area contributed by atoms with E-state index < -0.39 is 26.9 Å². The molecule has 0 aliphatic carbocycles. The van der Waals surface area contributed by atoms with Gasteiger partial charge in [0.2, 0.25) is 9.84 Å². The van der Waals surface area contributed by atoms with Crippen molar-refractivity contribution >= 4 is 55.0 Å². The van der Waals surface area contributed by atoms with Crippen LogP contribution in [0.5, 0.6) is 0 Å². The molecule has 0 aromatic heterocycles. The summed E-state index contributed by atoms with van der Waals surface area (Å²) in [6.07, 6.45) is 1.36. The number of carbonyl (C=O) groups excluding carboxylic acids is 1. The van der Waals surface area contributed by atoms with E-state index in [1.165, 1.54) is 35.2 Å². The van der Waals surface area contributed by atoms with Crippen LogP contribution >= 0.6 is 27.5 Å². The van der Waals surface area contributed by atoms with Crippen molar-refractivity contribution in [1.82, 2.24) is 0 Å². The molecule has 3 aromatic rings. The number of benzene rings is 3. The molecular weight excluding hydrogens is 493 g/mol. The lowest BCUT2D eigenvalue weighted by Crippen LogP contribution is -2.28. The van der Waals surface area contributed by atoms with Gasteiger partial charge < -0.3 is 0 Å². The maximum Gasteiger partial charge on any atom is 0.271 e. The second-order valence-electron chi connectivity index (χ2n) is 6.66. The summed E-state index contributed by atoms with van der Waals surface area (Å²) >= 11 is 9.28. The quantitative estimate of drug-likeness (QED) is 0.426. The van der Waals surface area contributed by atoms with Crippen molar-refractivity contribution in [1.29, 1.82) is 0 Å². The predicted molar refractivity (Wildman–Crippen MR) is 119 cm³/mol. The summed E-state index contributed by atoms with van der Waals surface area (Å²) in [5.74, 6) is -1.15. The molecule has 0 spiro atoms. The molecule has 0 saturated carbocycles. The van der Waals surface area contributed by atoms with E-state index in [1.54, 1.807) is 48.5 Å². The van der Waals surface area contributed by atoms with E-state index in [9.17, 15) is 17.6 Å². The highest BCUT2D eigenvalue weighted by molar-refractivity contribution is 9.10. The van der Waals surface area contributed by atoms with Gasteiger partial charge in [0.25, 0.3) is 5.91 Å². The Bertz CT molecular complexity index is 1240. The molecule has 1 aliphatic heterocycles. The standard InChI is InChI=1S/C22H14BrClFNO3S/c23-16-5-1-14(2-6-16)13-20-21(27)26(19-11-7-17(24)8-12-19)22(30(20,28)29)15-3-9-18(25)10-4-15/h1-13,22H/b20-13+. The Morgan fingerprint density at radius 2 is 1.53 bits per heavy atom. The molecule has 0 bridgehead atoms. The summed E-state index contributed by atoms with van der Waals surface area (Å²) in [5, 5.41) is -0.856. The van der Waals surface area contributed by atoms with E-state index >= 15 is 0 Å². The number of anilines is 1. The fourth-order valence-corrected chi connectivity index (χ4v) is 5.55. The molecule has 1 heterocycles. The highest BCUT2D eigenvalue weighted by Gasteiger charge is 2.50. The molecule has 4 rings (SSSR count). The van der Waals surface area contributed by atoms with E-state index in [1.807, 2.05) is 0 Å². The average molecular weight is 507 g/mol. The number of rotatable bonds is 3. The van der Waals surface area contributed by atoms with Crippen LogP contribution in [0.3, 0.4) is 0 Å². The van der Waals surface area contributed by atoms with Crippen LogP contribution < -0.4 is 4.90 Å². The molecule has 152 valence electrons. The zero-order valence-electron chi connectivity index (χ0n) is 15.3. The fraction of sp³-hybridized carbons (Fsp3) is 0.0455. The number of nitrogens with zero attached hydrogens (tertiary/aromatic N) is 1. The lowest BCUT2D eigenvalue weighted by Gasteiger charge is -2.23. The second-order valence-corrected chi connectivity index (χ2v) is 9.99. The number of hydrogen-bond acceptors (Lipinski definition) is 3. The summed E-state index contributed by atoms with van der Waals surface area (Å²) < 4.78 is 41.2. The normalized spacial score (nSPS) is 19.4. The third kappa shape index (κ3) is 3.80. The lowest BCUT2D eigenvalue weighted by atomic mass is 10.1. The van der Waals surface area contributed by atoms with Crippen LogP contribution in [0.4, 0.5) is 10.1 Å². The van der Waals surface area contributed by atoms with Gasteiger partial charge in [-0.1, -0.05) is 51.8 Å². The molecule has 8 heteroatoms. The Kier molecular flexibility index (Phi) is 5.53. The number of hydrogen-bond donors (Lipinski definition) is 0. The number of halogens is 3. The Hall–Kier alpha value is -2.48. The Balaban J connectivity index is 1.90. The van der Waals surface area contributed by atoms with Gasteiger partial charge in [-0.15, -0.1) is 0 Å². The first-order chi connectivity index (χ1) is 14.3. The molecule has 1 aliphatic rings. The van der Waals surface area contributed by atoms with Crippen LogP contribution in [0.2, 0.25) is 5.02 Å². The van der Waals surface area contributed by atoms with Crippen molar-refractivity contribution in [2.45, 2.75) is 5.37 Å². The molecule has 1 amide bonds. The fourth-order valence-electron chi connectivity index (χ4n) is 3.27. The molecule has 1 fully saturated rings. The first-order valence-electron chi connectivity index (χ1n) is 8.83. The van der Waals surface area contributed by atoms with Crippen molar-refractivity contribution in [2.75, 3.05) is 4.90 Å². The maximum atomic E-state index is 13.5. The molecule has 1 atom stereocenters. The van der Waals surface area contributed by atoms with Gasteiger partial charge in [0.15, 0.2) is 5.37 Å². The second kappa shape index (κ2) is 7.98. The summed E-state index contributed by atoms with van der Waals surface area (Å²) in [5.41, 5.74) is 1.24. The molecular formula is C22H14BrClFNO3S. The van der Waals surface area contributed by atoms with Gasteiger partial charge >= 0.3 is 0 Å². The average Bonchev–Trinajstić information content (AvgIpc) is 2.91. The highest BCUT2D eigenvalue weighted by Crippen LogP contribution is 2.43. The SMILES string of the molecule is O=C1/C(=C\c2ccc(Br)cc2)S(=O)(=O)C(c2ccc(F)cc2)N1c1ccc(Cl)cc1. The summed E-state index contributed by atoms with van der Waals surface area (Å²) in [7, 11) is -4.09. The van der Waals surface area contributed by atoms with E-state index in [-0.39, 0.29) is 4.91 Å². The van der Waals surface area contributed by atoms with Gasteiger partial charge in [0, 0.05) is 15.2 Å².